The van der Waals surface area contributed by atoms with Crippen LogP contribution in [0, 0.1) is 15.8 Å². The minimum absolute atomic E-state index is 0.262. The second-order valence-electron chi connectivity index (χ2n) is 5.41. The maximum Gasteiger partial charge on any atom is 0.212 e. The van der Waals surface area contributed by atoms with E-state index in [9.17, 15) is 5.11 Å². The summed E-state index contributed by atoms with van der Waals surface area (Å²) >= 11 is 6.67. The molecule has 0 bridgehead atoms. The summed E-state index contributed by atoms with van der Waals surface area (Å²) in [5, 5.41) is 10.1. The van der Waals surface area contributed by atoms with Crippen molar-refractivity contribution >= 4 is 29.8 Å². The molecule has 0 amide bonds. The first kappa shape index (κ1) is 14.7. The molecule has 1 fully saturated rings. The van der Waals surface area contributed by atoms with Crippen LogP contribution in [-0.4, -0.2) is 21.9 Å². The third-order valence-electron chi connectivity index (χ3n) is 4.26. The van der Waals surface area contributed by atoms with Gasteiger partial charge in [-0.2, -0.15) is 0 Å². The van der Waals surface area contributed by atoms with Crippen LogP contribution in [0.3, 0.4) is 0 Å². The fourth-order valence-corrected chi connectivity index (χ4v) is 4.02. The summed E-state index contributed by atoms with van der Waals surface area (Å²) in [7, 11) is 0. The van der Waals surface area contributed by atoms with Gasteiger partial charge in [0.15, 0.2) is 3.95 Å². The summed E-state index contributed by atoms with van der Waals surface area (Å²) in [4.78, 5) is 5.49. The van der Waals surface area contributed by atoms with Gasteiger partial charge in [0.25, 0.3) is 0 Å². The molecule has 1 saturated carbocycles. The van der Waals surface area contributed by atoms with Gasteiger partial charge >= 0.3 is 0 Å². The quantitative estimate of drug-likeness (QED) is 0.669. The molecule has 19 heavy (non-hydrogen) atoms. The third kappa shape index (κ3) is 3.08. The zero-order chi connectivity index (χ0) is 14.0. The Morgan fingerprint density at radius 2 is 2.21 bits per heavy atom. The minimum Gasteiger partial charge on any atom is -0.493 e. The van der Waals surface area contributed by atoms with Crippen LogP contribution in [0.5, 0.6) is 5.88 Å². The smallest absolute Gasteiger partial charge is 0.212 e. The van der Waals surface area contributed by atoms with Crippen LogP contribution in [0.1, 0.15) is 44.9 Å². The van der Waals surface area contributed by atoms with Gasteiger partial charge < -0.3 is 5.11 Å². The topological polar surface area (TPSA) is 37.5 Å². The summed E-state index contributed by atoms with van der Waals surface area (Å²) < 4.78 is 2.46. The average Bonchev–Trinajstić information content (AvgIpc) is 2.66. The molecule has 0 aromatic carbocycles. The molecule has 3 atom stereocenters. The summed E-state index contributed by atoms with van der Waals surface area (Å²) in [6.45, 7) is 7.27. The molecular formula is C14H22N2OS2. The van der Waals surface area contributed by atoms with Crippen LogP contribution >= 0.6 is 23.6 Å². The number of aromatic nitrogens is 1. The Morgan fingerprint density at radius 3 is 2.84 bits per heavy atom. The number of aromatic hydroxyl groups is 1. The van der Waals surface area contributed by atoms with E-state index in [2.05, 4.69) is 13.8 Å². The first-order chi connectivity index (χ1) is 9.04. The van der Waals surface area contributed by atoms with Crippen LogP contribution in [0.2, 0.25) is 0 Å². The molecule has 1 heterocycles. The van der Waals surface area contributed by atoms with Gasteiger partial charge in [-0.05, 0) is 37.4 Å². The number of rotatable bonds is 3. The molecule has 0 aliphatic heterocycles. The second-order valence-corrected chi connectivity index (χ2v) is 7.09. The SMILES string of the molecule is CCn1c(O)c(C=N[C@@H]2CCC[C@@H](C)[C@@H]2C)sc1=S. The van der Waals surface area contributed by atoms with Gasteiger partial charge in [-0.1, -0.05) is 38.0 Å². The zero-order valence-corrected chi connectivity index (χ0v) is 13.4. The second kappa shape index (κ2) is 6.18. The van der Waals surface area contributed by atoms with Gasteiger partial charge in [-0.25, -0.2) is 0 Å². The number of hydrogen-bond acceptors (Lipinski definition) is 4. The molecular weight excluding hydrogens is 276 g/mol. The molecule has 1 aromatic heterocycles. The van der Waals surface area contributed by atoms with E-state index in [-0.39, 0.29) is 5.88 Å². The zero-order valence-electron chi connectivity index (χ0n) is 11.8. The van der Waals surface area contributed by atoms with Crippen LogP contribution < -0.4 is 0 Å². The first-order valence-corrected chi connectivity index (χ1v) is 8.22. The summed E-state index contributed by atoms with van der Waals surface area (Å²) in [6.07, 6.45) is 5.54. The third-order valence-corrected chi connectivity index (χ3v) is 5.63. The molecule has 5 heteroatoms. The molecule has 0 spiro atoms. The number of aliphatic imine (C=N–C) groups is 1. The number of thiazole rings is 1. The number of hydrogen-bond donors (Lipinski definition) is 1. The monoisotopic (exact) mass is 298 g/mol. The van der Waals surface area contributed by atoms with Crippen molar-refractivity contribution in [2.75, 3.05) is 0 Å². The van der Waals surface area contributed by atoms with Crippen LogP contribution in [0.4, 0.5) is 0 Å². The molecule has 3 nitrogen and oxygen atoms in total. The Balaban J connectivity index is 2.16. The van der Waals surface area contributed by atoms with Crippen molar-refractivity contribution in [1.82, 2.24) is 4.57 Å². The molecule has 0 saturated heterocycles. The molecule has 0 radical (unpaired) electrons. The van der Waals surface area contributed by atoms with Crippen molar-refractivity contribution in [1.29, 1.82) is 0 Å². The fourth-order valence-electron chi connectivity index (χ4n) is 2.70. The lowest BCUT2D eigenvalue weighted by molar-refractivity contribution is 0.242. The maximum atomic E-state index is 10.1. The molecule has 2 rings (SSSR count). The van der Waals surface area contributed by atoms with Gasteiger partial charge in [0.2, 0.25) is 5.88 Å². The van der Waals surface area contributed by atoms with Crippen molar-refractivity contribution in [3.05, 3.63) is 8.83 Å². The summed E-state index contributed by atoms with van der Waals surface area (Å²) in [5.41, 5.74) is 0. The van der Waals surface area contributed by atoms with Crippen molar-refractivity contribution in [3.8, 4) is 5.88 Å². The fraction of sp³-hybridized carbons (Fsp3) is 0.714. The lowest BCUT2D eigenvalue weighted by Crippen LogP contribution is -2.27. The highest BCUT2D eigenvalue weighted by Gasteiger charge is 2.26. The molecule has 1 aliphatic carbocycles. The Bertz CT molecular complexity index is 518. The van der Waals surface area contributed by atoms with Gasteiger partial charge in [0.05, 0.1) is 6.04 Å². The molecule has 1 N–H and O–H groups in total. The van der Waals surface area contributed by atoms with Crippen molar-refractivity contribution in [2.24, 2.45) is 16.8 Å². The van der Waals surface area contributed by atoms with Crippen molar-refractivity contribution < 1.29 is 5.11 Å². The molecule has 0 unspecified atom stereocenters. The molecule has 1 aliphatic rings. The highest BCUT2D eigenvalue weighted by atomic mass is 32.1. The van der Waals surface area contributed by atoms with Crippen LogP contribution in [0.25, 0.3) is 0 Å². The molecule has 106 valence electrons. The van der Waals surface area contributed by atoms with E-state index in [1.807, 2.05) is 13.1 Å². The van der Waals surface area contributed by atoms with E-state index in [4.69, 9.17) is 17.2 Å². The van der Waals surface area contributed by atoms with Crippen molar-refractivity contribution in [3.63, 3.8) is 0 Å². The summed E-state index contributed by atoms with van der Waals surface area (Å²) in [5.74, 6) is 1.62. The Labute approximate surface area is 124 Å². The Kier molecular flexibility index (Phi) is 4.79. The Morgan fingerprint density at radius 1 is 1.47 bits per heavy atom. The predicted molar refractivity (Wildman–Crippen MR) is 84.0 cm³/mol. The lowest BCUT2D eigenvalue weighted by atomic mass is 9.78. The number of nitrogens with zero attached hydrogens (tertiary/aromatic N) is 2. The van der Waals surface area contributed by atoms with E-state index in [1.165, 1.54) is 24.2 Å². The minimum atomic E-state index is 0.262. The average molecular weight is 298 g/mol. The normalized spacial score (nSPS) is 28.1. The Hall–Kier alpha value is -0.680. The predicted octanol–water partition coefficient (Wildman–Crippen LogP) is 4.25. The highest BCUT2D eigenvalue weighted by molar-refractivity contribution is 7.73. The van der Waals surface area contributed by atoms with E-state index < -0.39 is 0 Å². The van der Waals surface area contributed by atoms with E-state index in [0.717, 1.165) is 17.2 Å². The molecule has 1 aromatic rings. The van der Waals surface area contributed by atoms with Gasteiger partial charge in [-0.3, -0.25) is 9.56 Å². The van der Waals surface area contributed by atoms with E-state index >= 15 is 0 Å². The van der Waals surface area contributed by atoms with Crippen LogP contribution in [-0.2, 0) is 6.54 Å². The van der Waals surface area contributed by atoms with Gasteiger partial charge in [0, 0.05) is 12.8 Å². The van der Waals surface area contributed by atoms with Gasteiger partial charge in [-0.15, -0.1) is 0 Å². The maximum absolute atomic E-state index is 10.1. The van der Waals surface area contributed by atoms with E-state index in [1.54, 1.807) is 4.57 Å². The van der Waals surface area contributed by atoms with Crippen molar-refractivity contribution in [2.45, 2.75) is 52.6 Å². The first-order valence-electron chi connectivity index (χ1n) is 7.00. The standard InChI is InChI=1S/C14H22N2OS2/c1-4-16-13(17)12(19-14(16)18)8-15-11-7-5-6-9(2)10(11)3/h8-11,17H,4-7H2,1-3H3/t9-,10+,11-/m1/s1. The van der Waals surface area contributed by atoms with Gasteiger partial charge in [0.1, 0.15) is 4.88 Å². The largest absolute Gasteiger partial charge is 0.493 e. The summed E-state index contributed by atoms with van der Waals surface area (Å²) in [6, 6.07) is 0.383. The highest BCUT2D eigenvalue weighted by Crippen LogP contribution is 2.32. The lowest BCUT2D eigenvalue weighted by Gasteiger charge is -2.31. The van der Waals surface area contributed by atoms with E-state index in [0.29, 0.717) is 22.5 Å². The van der Waals surface area contributed by atoms with Crippen LogP contribution in [0.15, 0.2) is 4.99 Å².